The van der Waals surface area contributed by atoms with E-state index in [1.165, 1.54) is 0 Å². The van der Waals surface area contributed by atoms with Gasteiger partial charge in [0.2, 0.25) is 0 Å². The fourth-order valence-corrected chi connectivity index (χ4v) is 2.66. The van der Waals surface area contributed by atoms with Gasteiger partial charge in [-0.15, -0.1) is 6.42 Å². The lowest BCUT2D eigenvalue weighted by molar-refractivity contribution is 0.305. The molecule has 2 nitrogen and oxygen atoms in total. The molecule has 3 aromatic carbocycles. The van der Waals surface area contributed by atoms with Crippen molar-refractivity contribution in [3.63, 3.8) is 0 Å². The quantitative estimate of drug-likeness (QED) is 0.561. The number of benzene rings is 3. The molecule has 3 aromatic rings. The van der Waals surface area contributed by atoms with Crippen molar-refractivity contribution in [2.45, 2.75) is 6.61 Å². The zero-order valence-electron chi connectivity index (χ0n) is 13.8. The molecule has 0 heterocycles. The van der Waals surface area contributed by atoms with E-state index in [4.69, 9.17) is 27.5 Å². The van der Waals surface area contributed by atoms with Gasteiger partial charge < -0.3 is 9.47 Å². The molecule has 0 radical (unpaired) electrons. The number of rotatable bonds is 5. The van der Waals surface area contributed by atoms with Gasteiger partial charge in [-0.3, -0.25) is 0 Å². The molecule has 0 unspecified atom stereocenters. The van der Waals surface area contributed by atoms with E-state index in [-0.39, 0.29) is 0 Å². The Morgan fingerprint density at radius 3 is 2.24 bits per heavy atom. The van der Waals surface area contributed by atoms with Crippen LogP contribution in [0.4, 0.5) is 0 Å². The highest BCUT2D eigenvalue weighted by Crippen LogP contribution is 2.29. The molecule has 0 saturated carbocycles. The smallest absolute Gasteiger partial charge is 0.119 e. The summed E-state index contributed by atoms with van der Waals surface area (Å²) in [6.07, 6.45) is 5.38. The second kappa shape index (κ2) is 7.79. The first kappa shape index (κ1) is 17.0. The Morgan fingerprint density at radius 1 is 0.920 bits per heavy atom. The molecule has 124 valence electrons. The fraction of sp³-hybridized carbons (Fsp3) is 0.0909. The molecule has 0 aliphatic rings. The molecule has 3 heteroatoms. The molecule has 0 amide bonds. The zero-order valence-corrected chi connectivity index (χ0v) is 14.6. The Bertz CT molecular complexity index is 891. The third-order valence-corrected chi connectivity index (χ3v) is 4.13. The minimum atomic E-state index is 0.421. The molecule has 0 aromatic heterocycles. The Kier molecular flexibility index (Phi) is 5.28. The van der Waals surface area contributed by atoms with Gasteiger partial charge in [-0.1, -0.05) is 35.7 Å². The van der Waals surface area contributed by atoms with Gasteiger partial charge in [0.05, 0.1) is 7.11 Å². The van der Waals surface area contributed by atoms with Crippen LogP contribution in [0.2, 0.25) is 5.02 Å². The lowest BCUT2D eigenvalue weighted by Gasteiger charge is -2.13. The second-order valence-corrected chi connectivity index (χ2v) is 5.92. The fourth-order valence-electron chi connectivity index (χ4n) is 2.54. The summed E-state index contributed by atoms with van der Waals surface area (Å²) in [6, 6.07) is 21.2. The van der Waals surface area contributed by atoms with E-state index in [0.29, 0.717) is 11.6 Å². The van der Waals surface area contributed by atoms with Crippen LogP contribution in [0.15, 0.2) is 66.7 Å². The summed E-state index contributed by atoms with van der Waals surface area (Å²) in [5.74, 6) is 4.15. The van der Waals surface area contributed by atoms with Gasteiger partial charge in [-0.05, 0) is 59.7 Å². The predicted molar refractivity (Wildman–Crippen MR) is 102 cm³/mol. The van der Waals surface area contributed by atoms with E-state index in [1.54, 1.807) is 7.11 Å². The molecular weight excluding hydrogens is 332 g/mol. The highest BCUT2D eigenvalue weighted by atomic mass is 35.5. The van der Waals surface area contributed by atoms with E-state index < -0.39 is 0 Å². The number of hydrogen-bond donors (Lipinski definition) is 0. The van der Waals surface area contributed by atoms with Crippen LogP contribution in [0.25, 0.3) is 11.1 Å². The van der Waals surface area contributed by atoms with Crippen molar-refractivity contribution in [2.24, 2.45) is 0 Å². The van der Waals surface area contributed by atoms with Gasteiger partial charge in [-0.2, -0.15) is 0 Å². The number of terminal acetylenes is 1. The number of methoxy groups -OCH3 is 1. The van der Waals surface area contributed by atoms with Crippen molar-refractivity contribution in [1.82, 2.24) is 0 Å². The van der Waals surface area contributed by atoms with Gasteiger partial charge in [0.15, 0.2) is 0 Å². The SMILES string of the molecule is C#Cc1ccc(OCc2cc(OC)ccc2-c2ccc(Cl)cc2)cc1. The molecule has 25 heavy (non-hydrogen) atoms. The zero-order chi connectivity index (χ0) is 17.6. The van der Waals surface area contributed by atoms with Crippen molar-refractivity contribution in [3.05, 3.63) is 82.9 Å². The highest BCUT2D eigenvalue weighted by molar-refractivity contribution is 6.30. The summed E-state index contributed by atoms with van der Waals surface area (Å²) in [5.41, 5.74) is 4.02. The van der Waals surface area contributed by atoms with Crippen LogP contribution in [0.5, 0.6) is 11.5 Å². The summed E-state index contributed by atoms with van der Waals surface area (Å²) in [4.78, 5) is 0. The first-order chi connectivity index (χ1) is 12.2. The maximum Gasteiger partial charge on any atom is 0.119 e. The largest absolute Gasteiger partial charge is 0.497 e. The lowest BCUT2D eigenvalue weighted by atomic mass is 10.00. The Morgan fingerprint density at radius 2 is 1.60 bits per heavy atom. The van der Waals surface area contributed by atoms with Crippen molar-refractivity contribution < 1.29 is 9.47 Å². The third-order valence-electron chi connectivity index (χ3n) is 3.88. The summed E-state index contributed by atoms with van der Waals surface area (Å²) >= 11 is 5.99. The first-order valence-electron chi connectivity index (χ1n) is 7.82. The molecule has 0 spiro atoms. The summed E-state index contributed by atoms with van der Waals surface area (Å²) in [5, 5.41) is 0.712. The number of hydrogen-bond acceptors (Lipinski definition) is 2. The average molecular weight is 349 g/mol. The van der Waals surface area contributed by atoms with Crippen LogP contribution >= 0.6 is 11.6 Å². The molecule has 0 N–H and O–H groups in total. The van der Waals surface area contributed by atoms with Gasteiger partial charge >= 0.3 is 0 Å². The molecule has 0 saturated heterocycles. The monoisotopic (exact) mass is 348 g/mol. The topological polar surface area (TPSA) is 18.5 Å². The van der Waals surface area contributed by atoms with E-state index in [2.05, 4.69) is 5.92 Å². The first-order valence-corrected chi connectivity index (χ1v) is 8.20. The van der Waals surface area contributed by atoms with E-state index in [1.807, 2.05) is 66.7 Å². The van der Waals surface area contributed by atoms with Gasteiger partial charge in [-0.25, -0.2) is 0 Å². The summed E-state index contributed by atoms with van der Waals surface area (Å²) in [7, 11) is 1.65. The van der Waals surface area contributed by atoms with Crippen LogP contribution < -0.4 is 9.47 Å². The van der Waals surface area contributed by atoms with Crippen LogP contribution in [0.1, 0.15) is 11.1 Å². The molecule has 0 atom stereocenters. The van der Waals surface area contributed by atoms with Gasteiger partial charge in [0.25, 0.3) is 0 Å². The van der Waals surface area contributed by atoms with E-state index in [0.717, 1.165) is 33.8 Å². The van der Waals surface area contributed by atoms with Gasteiger partial charge in [0, 0.05) is 16.1 Å². The molecule has 0 aliphatic heterocycles. The maximum absolute atomic E-state index is 5.99. The minimum absolute atomic E-state index is 0.421. The molecule has 0 aliphatic carbocycles. The van der Waals surface area contributed by atoms with Crippen molar-refractivity contribution in [2.75, 3.05) is 7.11 Å². The minimum Gasteiger partial charge on any atom is -0.497 e. The maximum atomic E-state index is 5.99. The summed E-state index contributed by atoms with van der Waals surface area (Å²) < 4.78 is 11.3. The van der Waals surface area contributed by atoms with Crippen LogP contribution in [0.3, 0.4) is 0 Å². The molecule has 0 bridgehead atoms. The predicted octanol–water partition coefficient (Wildman–Crippen LogP) is 5.58. The normalized spacial score (nSPS) is 10.1. The number of halogens is 1. The average Bonchev–Trinajstić information content (AvgIpc) is 2.67. The molecule has 0 fully saturated rings. The standard InChI is InChI=1S/C22H17ClO2/c1-3-16-4-10-20(11-5-16)25-15-18-14-21(24-2)12-13-22(18)17-6-8-19(23)9-7-17/h1,4-14H,15H2,2H3. The van der Waals surface area contributed by atoms with Crippen molar-refractivity contribution in [3.8, 4) is 35.0 Å². The van der Waals surface area contributed by atoms with Crippen molar-refractivity contribution in [1.29, 1.82) is 0 Å². The summed E-state index contributed by atoms with van der Waals surface area (Å²) in [6.45, 7) is 0.421. The molecule has 3 rings (SSSR count). The number of ether oxygens (including phenoxy) is 2. The van der Waals surface area contributed by atoms with E-state index in [9.17, 15) is 0 Å². The lowest BCUT2D eigenvalue weighted by Crippen LogP contribution is -1.99. The van der Waals surface area contributed by atoms with Crippen LogP contribution in [-0.2, 0) is 6.61 Å². The van der Waals surface area contributed by atoms with Crippen molar-refractivity contribution >= 4 is 11.6 Å². The third kappa shape index (κ3) is 4.15. The second-order valence-electron chi connectivity index (χ2n) is 5.49. The Hall–Kier alpha value is -2.89. The Balaban J connectivity index is 1.87. The highest BCUT2D eigenvalue weighted by Gasteiger charge is 2.08. The molecular formula is C22H17ClO2. The van der Waals surface area contributed by atoms with Crippen LogP contribution in [-0.4, -0.2) is 7.11 Å². The Labute approximate surface area is 153 Å². The van der Waals surface area contributed by atoms with E-state index >= 15 is 0 Å². The van der Waals surface area contributed by atoms with Crippen LogP contribution in [0, 0.1) is 12.3 Å². The van der Waals surface area contributed by atoms with Gasteiger partial charge in [0.1, 0.15) is 18.1 Å².